The van der Waals surface area contributed by atoms with Gasteiger partial charge in [-0.15, -0.1) is 0 Å². The number of nitrogens with zero attached hydrogens (tertiary/aromatic N) is 4. The second-order valence-electron chi connectivity index (χ2n) is 5.20. The van der Waals surface area contributed by atoms with Crippen molar-refractivity contribution in [3.63, 3.8) is 0 Å². The van der Waals surface area contributed by atoms with Gasteiger partial charge in [-0.2, -0.15) is 0 Å². The van der Waals surface area contributed by atoms with E-state index >= 15 is 0 Å². The van der Waals surface area contributed by atoms with E-state index in [9.17, 15) is 10.1 Å². The molecule has 0 spiro atoms. The first-order valence-corrected chi connectivity index (χ1v) is 8.12. The molecule has 0 bridgehead atoms. The van der Waals surface area contributed by atoms with Gasteiger partial charge in [-0.25, -0.2) is 15.0 Å². The van der Waals surface area contributed by atoms with Crippen LogP contribution >= 0.6 is 23.2 Å². The van der Waals surface area contributed by atoms with Gasteiger partial charge in [0.15, 0.2) is 0 Å². The Labute approximate surface area is 158 Å². The third-order valence-corrected chi connectivity index (χ3v) is 4.27. The van der Waals surface area contributed by atoms with Crippen LogP contribution in [0.4, 0.5) is 28.8 Å². The maximum atomic E-state index is 11.6. The van der Waals surface area contributed by atoms with Crippen molar-refractivity contribution in [2.45, 2.75) is 6.92 Å². The fraction of sp³-hybridized carbons (Fsp3) is 0.0625. The van der Waals surface area contributed by atoms with Crippen LogP contribution in [0.1, 0.15) is 5.56 Å². The molecule has 0 aliphatic rings. The van der Waals surface area contributed by atoms with Gasteiger partial charge in [0, 0.05) is 6.20 Å². The molecule has 0 saturated heterocycles. The summed E-state index contributed by atoms with van der Waals surface area (Å²) >= 11 is 12.1. The molecule has 2 heterocycles. The molecule has 0 amide bonds. The number of aryl methyl sites for hydroxylation is 1. The van der Waals surface area contributed by atoms with Crippen LogP contribution < -0.4 is 10.6 Å². The Balaban J connectivity index is 2.03. The molecule has 3 rings (SSSR count). The van der Waals surface area contributed by atoms with E-state index in [0.29, 0.717) is 16.5 Å². The number of aromatic nitrogens is 3. The SMILES string of the molecule is Cc1cccnc1Nc1ncnc(Nc2cccc(Cl)c2Cl)c1[N+](=O)[O-]. The van der Waals surface area contributed by atoms with Crippen LogP contribution in [-0.4, -0.2) is 19.9 Å². The lowest BCUT2D eigenvalue weighted by atomic mass is 10.3. The summed E-state index contributed by atoms with van der Waals surface area (Å²) < 4.78 is 0. The first kappa shape index (κ1) is 17.8. The zero-order valence-electron chi connectivity index (χ0n) is 13.4. The van der Waals surface area contributed by atoms with E-state index in [1.165, 1.54) is 6.33 Å². The van der Waals surface area contributed by atoms with Crippen LogP contribution in [0.2, 0.25) is 10.0 Å². The van der Waals surface area contributed by atoms with Crippen molar-refractivity contribution in [1.29, 1.82) is 0 Å². The summed E-state index contributed by atoms with van der Waals surface area (Å²) in [5, 5.41) is 17.9. The Morgan fingerprint density at radius 2 is 1.73 bits per heavy atom. The Kier molecular flexibility index (Phi) is 5.15. The summed E-state index contributed by atoms with van der Waals surface area (Å²) in [5.41, 5.74) is 0.863. The quantitative estimate of drug-likeness (QED) is 0.472. The van der Waals surface area contributed by atoms with Crippen LogP contribution in [0.25, 0.3) is 0 Å². The first-order valence-electron chi connectivity index (χ1n) is 7.36. The highest BCUT2D eigenvalue weighted by Crippen LogP contribution is 2.36. The molecular weight excluding hydrogens is 379 g/mol. The number of nitrogens with one attached hydrogen (secondary N) is 2. The minimum absolute atomic E-state index is 0.00690. The van der Waals surface area contributed by atoms with Gasteiger partial charge in [-0.05, 0) is 30.7 Å². The lowest BCUT2D eigenvalue weighted by Gasteiger charge is -2.12. The van der Waals surface area contributed by atoms with Gasteiger partial charge in [0.1, 0.15) is 12.1 Å². The summed E-state index contributed by atoms with van der Waals surface area (Å²) in [7, 11) is 0. The normalized spacial score (nSPS) is 10.4. The minimum Gasteiger partial charge on any atom is -0.333 e. The van der Waals surface area contributed by atoms with E-state index in [-0.39, 0.29) is 22.3 Å². The van der Waals surface area contributed by atoms with Gasteiger partial charge in [-0.1, -0.05) is 35.3 Å². The maximum Gasteiger partial charge on any atom is 0.353 e. The summed E-state index contributed by atoms with van der Waals surface area (Å²) in [6.07, 6.45) is 2.78. The van der Waals surface area contributed by atoms with Gasteiger partial charge in [-0.3, -0.25) is 10.1 Å². The molecule has 2 aromatic heterocycles. The molecule has 0 aliphatic carbocycles. The molecule has 10 heteroatoms. The van der Waals surface area contributed by atoms with E-state index in [1.807, 2.05) is 13.0 Å². The molecule has 0 radical (unpaired) electrons. The second kappa shape index (κ2) is 7.51. The maximum absolute atomic E-state index is 11.6. The summed E-state index contributed by atoms with van der Waals surface area (Å²) in [6, 6.07) is 8.51. The molecule has 0 atom stereocenters. The number of hydrogen-bond acceptors (Lipinski definition) is 7. The zero-order valence-corrected chi connectivity index (χ0v) is 14.9. The first-order chi connectivity index (χ1) is 12.5. The molecule has 0 aliphatic heterocycles. The van der Waals surface area contributed by atoms with Gasteiger partial charge in [0.2, 0.25) is 11.6 Å². The van der Waals surface area contributed by atoms with Gasteiger partial charge in [0.25, 0.3) is 0 Å². The van der Waals surface area contributed by atoms with E-state index in [4.69, 9.17) is 23.2 Å². The van der Waals surface area contributed by atoms with E-state index < -0.39 is 4.92 Å². The van der Waals surface area contributed by atoms with Crippen molar-refractivity contribution in [3.8, 4) is 0 Å². The molecule has 0 fully saturated rings. The Hall–Kier alpha value is -2.97. The monoisotopic (exact) mass is 390 g/mol. The zero-order chi connectivity index (χ0) is 18.7. The fourth-order valence-electron chi connectivity index (χ4n) is 2.19. The van der Waals surface area contributed by atoms with Crippen LogP contribution in [0, 0.1) is 17.0 Å². The highest BCUT2D eigenvalue weighted by molar-refractivity contribution is 6.43. The standard InChI is InChI=1S/C16H12Cl2N6O2/c1-9-4-3-7-19-14(9)23-16-13(24(25)26)15(20-8-21-16)22-11-6-2-5-10(17)12(11)18/h2-8H,1H3,(H2,19,20,21,22,23). The average Bonchev–Trinajstić information content (AvgIpc) is 2.61. The molecule has 2 N–H and O–H groups in total. The van der Waals surface area contributed by atoms with E-state index in [1.54, 1.807) is 30.5 Å². The third-order valence-electron chi connectivity index (χ3n) is 3.46. The summed E-state index contributed by atoms with van der Waals surface area (Å²) in [4.78, 5) is 23.1. The number of halogens is 2. The largest absolute Gasteiger partial charge is 0.353 e. The minimum atomic E-state index is -0.582. The molecule has 0 unspecified atom stereocenters. The molecule has 26 heavy (non-hydrogen) atoms. The van der Waals surface area contributed by atoms with E-state index in [0.717, 1.165) is 5.56 Å². The highest BCUT2D eigenvalue weighted by atomic mass is 35.5. The molecule has 1 aromatic carbocycles. The lowest BCUT2D eigenvalue weighted by molar-refractivity contribution is -0.383. The second-order valence-corrected chi connectivity index (χ2v) is 5.98. The molecular formula is C16H12Cl2N6O2. The molecule has 132 valence electrons. The Morgan fingerprint density at radius 1 is 1.00 bits per heavy atom. The Bertz CT molecular complexity index is 983. The lowest BCUT2D eigenvalue weighted by Crippen LogP contribution is -2.07. The average molecular weight is 391 g/mol. The van der Waals surface area contributed by atoms with Gasteiger partial charge >= 0.3 is 5.69 Å². The van der Waals surface area contributed by atoms with Crippen LogP contribution in [0.5, 0.6) is 0 Å². The van der Waals surface area contributed by atoms with Crippen LogP contribution in [0.3, 0.4) is 0 Å². The number of nitro groups is 1. The van der Waals surface area contributed by atoms with Gasteiger partial charge < -0.3 is 10.6 Å². The van der Waals surface area contributed by atoms with Crippen molar-refractivity contribution >= 4 is 52.0 Å². The highest BCUT2D eigenvalue weighted by Gasteiger charge is 2.24. The smallest absolute Gasteiger partial charge is 0.333 e. The van der Waals surface area contributed by atoms with Crippen molar-refractivity contribution < 1.29 is 4.92 Å². The topological polar surface area (TPSA) is 106 Å². The molecule has 0 saturated carbocycles. The van der Waals surface area contributed by atoms with Crippen molar-refractivity contribution in [3.05, 3.63) is 68.6 Å². The number of pyridine rings is 1. The number of rotatable bonds is 5. The number of anilines is 4. The fourth-order valence-corrected chi connectivity index (χ4v) is 2.54. The van der Waals surface area contributed by atoms with Crippen molar-refractivity contribution in [2.24, 2.45) is 0 Å². The summed E-state index contributed by atoms with van der Waals surface area (Å²) in [6.45, 7) is 1.83. The van der Waals surface area contributed by atoms with Crippen molar-refractivity contribution in [1.82, 2.24) is 15.0 Å². The van der Waals surface area contributed by atoms with Crippen LogP contribution in [-0.2, 0) is 0 Å². The summed E-state index contributed by atoms with van der Waals surface area (Å²) in [5.74, 6) is 0.443. The van der Waals surface area contributed by atoms with Crippen molar-refractivity contribution in [2.75, 3.05) is 10.6 Å². The van der Waals surface area contributed by atoms with E-state index in [2.05, 4.69) is 25.6 Å². The Morgan fingerprint density at radius 3 is 2.42 bits per heavy atom. The molecule has 8 nitrogen and oxygen atoms in total. The predicted molar refractivity (Wildman–Crippen MR) is 101 cm³/mol. The van der Waals surface area contributed by atoms with Crippen LogP contribution in [0.15, 0.2) is 42.9 Å². The molecule has 3 aromatic rings. The van der Waals surface area contributed by atoms with Gasteiger partial charge in [0.05, 0.1) is 20.7 Å². The number of hydrogen-bond donors (Lipinski definition) is 2. The third kappa shape index (κ3) is 3.66. The number of benzene rings is 1. The predicted octanol–water partition coefficient (Wildman–Crippen LogP) is 4.88.